The highest BCUT2D eigenvalue weighted by Crippen LogP contribution is 2.41. The molecule has 2 aromatic heterocycles. The summed E-state index contributed by atoms with van der Waals surface area (Å²) in [6, 6.07) is -0.990. The number of carbonyl (C=O) groups excluding carboxylic acids is 2. The fourth-order valence-corrected chi connectivity index (χ4v) is 4.95. The van der Waals surface area contributed by atoms with Gasteiger partial charge in [-0.2, -0.15) is 0 Å². The molecular weight excluding hydrogens is 474 g/mol. The van der Waals surface area contributed by atoms with Crippen molar-refractivity contribution in [3.05, 3.63) is 52.9 Å². The van der Waals surface area contributed by atoms with Crippen LogP contribution in [0.1, 0.15) is 11.3 Å². The topological polar surface area (TPSA) is 193 Å². The Labute approximate surface area is 193 Å². The Kier molecular flexibility index (Phi) is 6.23. The smallest absolute Gasteiger partial charge is 0.449 e. The highest BCUT2D eigenvalue weighted by Gasteiger charge is 2.54. The summed E-state index contributed by atoms with van der Waals surface area (Å²) in [5, 5.41) is 24.8. The minimum atomic E-state index is -1.58. The lowest BCUT2D eigenvalue weighted by Crippen LogP contribution is -2.70. The minimum Gasteiger partial charge on any atom is -0.449 e. The van der Waals surface area contributed by atoms with Crippen LogP contribution in [0.15, 0.2) is 46.8 Å². The third-order valence-corrected chi connectivity index (χ3v) is 6.53. The van der Waals surface area contributed by atoms with Gasteiger partial charge in [-0.1, -0.05) is 17.3 Å². The second kappa shape index (κ2) is 9.25. The molecule has 33 heavy (non-hydrogen) atoms. The number of nitrogens with one attached hydrogen (secondary N) is 1. The number of ether oxygens (including phenoxy) is 1. The second-order valence-corrected chi connectivity index (χ2v) is 8.58. The van der Waals surface area contributed by atoms with Gasteiger partial charge in [0.25, 0.3) is 11.8 Å². The number of aromatic nitrogens is 3. The molecule has 15 heteroatoms. The molecule has 0 saturated carbocycles. The van der Waals surface area contributed by atoms with E-state index >= 15 is 0 Å². The highest BCUT2D eigenvalue weighted by atomic mass is 32.2. The fourth-order valence-electron chi connectivity index (χ4n) is 3.10. The molecule has 2 atom stereocenters. The Balaban J connectivity index is 1.53. The van der Waals surface area contributed by atoms with E-state index in [2.05, 4.69) is 25.4 Å². The van der Waals surface area contributed by atoms with Crippen LogP contribution in [-0.2, 0) is 14.3 Å². The van der Waals surface area contributed by atoms with E-state index in [1.807, 2.05) is 0 Å². The van der Waals surface area contributed by atoms with E-state index in [0.29, 0.717) is 16.9 Å². The van der Waals surface area contributed by atoms with Gasteiger partial charge in [-0.05, 0) is 0 Å². The molecule has 2 amide bonds. The number of nitrogens with two attached hydrogens (primary N) is 1. The van der Waals surface area contributed by atoms with Crippen LogP contribution in [0.2, 0.25) is 0 Å². The number of thioether (sulfide) groups is 1. The molecule has 0 aliphatic carbocycles. The summed E-state index contributed by atoms with van der Waals surface area (Å²) in [5.74, 6) is -1.25. The maximum absolute atomic E-state index is 12.8. The quantitative estimate of drug-likeness (QED) is 0.147. The molecular formula is C18H15N7O6S2. The zero-order chi connectivity index (χ0) is 23.5. The Morgan fingerprint density at radius 1 is 1.33 bits per heavy atom. The number of anilines is 1. The first-order valence-electron chi connectivity index (χ1n) is 9.15. The molecule has 1 fully saturated rings. The van der Waals surface area contributed by atoms with Crippen molar-refractivity contribution in [3.8, 4) is 0 Å². The van der Waals surface area contributed by atoms with Crippen LogP contribution in [0.25, 0.3) is 6.08 Å². The molecule has 1 saturated heterocycles. The van der Waals surface area contributed by atoms with Crippen molar-refractivity contribution in [2.45, 2.75) is 11.4 Å². The number of hydrogen-bond donors (Lipinski definition) is 4. The molecule has 2 aromatic rings. The molecule has 2 aliphatic rings. The summed E-state index contributed by atoms with van der Waals surface area (Å²) < 4.78 is 4.90. The summed E-state index contributed by atoms with van der Waals surface area (Å²) in [6.07, 6.45) is 6.20. The minimum absolute atomic E-state index is 0.0598. The van der Waals surface area contributed by atoms with Crippen LogP contribution in [0.5, 0.6) is 0 Å². The van der Waals surface area contributed by atoms with Gasteiger partial charge in [0.2, 0.25) is 5.88 Å². The average molecular weight is 489 g/mol. The number of fused-ring (bicyclic) bond motifs is 1. The van der Waals surface area contributed by atoms with E-state index < -0.39 is 35.1 Å². The van der Waals surface area contributed by atoms with Crippen LogP contribution in [-0.4, -0.2) is 71.0 Å². The van der Waals surface area contributed by atoms with Gasteiger partial charge in [-0.15, -0.1) is 23.1 Å². The van der Waals surface area contributed by atoms with Crippen LogP contribution in [0, 0.1) is 0 Å². The number of thiazole rings is 1. The van der Waals surface area contributed by atoms with Gasteiger partial charge in [0.1, 0.15) is 23.4 Å². The molecule has 170 valence electrons. The number of β-lactam (4-membered cyclic amide) rings is 1. The van der Waals surface area contributed by atoms with Gasteiger partial charge in [0.15, 0.2) is 10.8 Å². The van der Waals surface area contributed by atoms with E-state index in [4.69, 9.17) is 15.6 Å². The standard InChI is InChI=1S/C18H15N7O6S2/c19-17-22-10(6-33-17)11(24-30)13(26)23-12-14(27)25-15(31-18(28)29)9(5-32-16(12)25)2-1-8-3-20-7-21-4-8/h1-4,6-7,12,16,30H,5H2,(H2,19,22)(H,23,26)(H,28,29)/b2-1-,24-11-/t12-,16+/m1/s1. The number of carboxylic acid groups (broad SMARTS) is 1. The van der Waals surface area contributed by atoms with Gasteiger partial charge in [-0.3, -0.25) is 14.5 Å². The predicted molar refractivity (Wildman–Crippen MR) is 117 cm³/mol. The van der Waals surface area contributed by atoms with Crippen molar-refractivity contribution in [2.24, 2.45) is 5.16 Å². The van der Waals surface area contributed by atoms with Crippen LogP contribution < -0.4 is 11.1 Å². The van der Waals surface area contributed by atoms with Crippen molar-refractivity contribution in [1.82, 2.24) is 25.2 Å². The lowest BCUT2D eigenvalue weighted by atomic mass is 10.1. The molecule has 0 unspecified atom stereocenters. The lowest BCUT2D eigenvalue weighted by molar-refractivity contribution is -0.148. The molecule has 0 aromatic carbocycles. The van der Waals surface area contributed by atoms with Crippen molar-refractivity contribution < 1.29 is 29.4 Å². The number of nitrogens with zero attached hydrogens (tertiary/aromatic N) is 5. The fraction of sp³-hybridized carbons (Fsp3) is 0.167. The first kappa shape index (κ1) is 22.2. The van der Waals surface area contributed by atoms with Crippen LogP contribution in [0.3, 0.4) is 0 Å². The monoisotopic (exact) mass is 489 g/mol. The number of hydrogen-bond acceptors (Lipinski definition) is 12. The van der Waals surface area contributed by atoms with Gasteiger partial charge >= 0.3 is 6.16 Å². The summed E-state index contributed by atoms with van der Waals surface area (Å²) in [7, 11) is 0. The van der Waals surface area contributed by atoms with Crippen molar-refractivity contribution in [2.75, 3.05) is 11.5 Å². The van der Waals surface area contributed by atoms with Gasteiger partial charge in [-0.25, -0.2) is 19.7 Å². The number of oxime groups is 1. The van der Waals surface area contributed by atoms with Crippen LogP contribution >= 0.6 is 23.1 Å². The normalized spacial score (nSPS) is 20.4. The van der Waals surface area contributed by atoms with Gasteiger partial charge < -0.3 is 26.1 Å². The maximum Gasteiger partial charge on any atom is 0.512 e. The molecule has 2 aliphatic heterocycles. The van der Waals surface area contributed by atoms with Crippen molar-refractivity contribution in [1.29, 1.82) is 0 Å². The zero-order valence-corrected chi connectivity index (χ0v) is 18.1. The first-order valence-corrected chi connectivity index (χ1v) is 11.1. The van der Waals surface area contributed by atoms with E-state index in [0.717, 1.165) is 16.2 Å². The Hall–Kier alpha value is -3.98. The molecule has 4 rings (SSSR count). The summed E-state index contributed by atoms with van der Waals surface area (Å²) in [6.45, 7) is 0. The zero-order valence-electron chi connectivity index (χ0n) is 16.5. The van der Waals surface area contributed by atoms with Gasteiger partial charge in [0.05, 0.1) is 0 Å². The Morgan fingerprint density at radius 2 is 2.09 bits per heavy atom. The van der Waals surface area contributed by atoms with Crippen molar-refractivity contribution >= 4 is 58.0 Å². The summed E-state index contributed by atoms with van der Waals surface area (Å²) in [4.78, 5) is 49.5. The summed E-state index contributed by atoms with van der Waals surface area (Å²) in [5.41, 5.74) is 6.33. The Bertz CT molecular complexity index is 1200. The van der Waals surface area contributed by atoms with E-state index in [-0.39, 0.29) is 16.7 Å². The van der Waals surface area contributed by atoms with E-state index in [1.54, 1.807) is 24.5 Å². The molecule has 13 nitrogen and oxygen atoms in total. The molecule has 0 bridgehead atoms. The van der Waals surface area contributed by atoms with Crippen LogP contribution in [0.4, 0.5) is 9.93 Å². The largest absolute Gasteiger partial charge is 0.512 e. The third-order valence-electron chi connectivity index (χ3n) is 4.55. The van der Waals surface area contributed by atoms with E-state index in [1.165, 1.54) is 23.5 Å². The Morgan fingerprint density at radius 3 is 2.73 bits per heavy atom. The SMILES string of the molecule is Nc1nc(/C(=N/O)C(=O)N[C@@H]2C(=O)N3C(OC(=O)O)=C(/C=C\c4cncnc4)CS[C@@H]23)cs1. The molecule has 0 radical (unpaired) electrons. The number of allylic oxidation sites excluding steroid dienone is 1. The van der Waals surface area contributed by atoms with E-state index in [9.17, 15) is 19.6 Å². The number of carbonyl (C=O) groups is 3. The lowest BCUT2D eigenvalue weighted by Gasteiger charge is -2.48. The van der Waals surface area contributed by atoms with Gasteiger partial charge in [0, 0.05) is 34.7 Å². The summed E-state index contributed by atoms with van der Waals surface area (Å²) >= 11 is 2.36. The molecule has 5 N–H and O–H groups in total. The predicted octanol–water partition coefficient (Wildman–Crippen LogP) is 0.713. The molecule has 4 heterocycles. The second-order valence-electron chi connectivity index (χ2n) is 6.58. The van der Waals surface area contributed by atoms with Crippen molar-refractivity contribution in [3.63, 3.8) is 0 Å². The maximum atomic E-state index is 12.8. The third kappa shape index (κ3) is 4.49. The number of nitrogen functional groups attached to an aromatic ring is 1. The average Bonchev–Trinajstić information content (AvgIpc) is 3.22. The first-order chi connectivity index (χ1) is 15.9. The number of amides is 2. The number of rotatable bonds is 6. The highest BCUT2D eigenvalue weighted by molar-refractivity contribution is 8.00. The molecule has 0 spiro atoms.